The number of benzene rings is 1. The van der Waals surface area contributed by atoms with E-state index < -0.39 is 6.10 Å². The minimum atomic E-state index is -0.493. The van der Waals surface area contributed by atoms with Gasteiger partial charge in [0.15, 0.2) is 0 Å². The molecule has 1 unspecified atom stereocenters. The summed E-state index contributed by atoms with van der Waals surface area (Å²) in [5.41, 5.74) is 1.68. The first kappa shape index (κ1) is 13.8. The second-order valence-electron chi connectivity index (χ2n) is 5.34. The molecule has 1 fully saturated rings. The molecule has 20 heavy (non-hydrogen) atoms. The molecule has 3 rings (SSSR count). The Morgan fingerprint density at radius 1 is 1.30 bits per heavy atom. The van der Waals surface area contributed by atoms with Crippen molar-refractivity contribution in [2.75, 3.05) is 13.2 Å². The van der Waals surface area contributed by atoms with Gasteiger partial charge in [0.2, 0.25) is 0 Å². The van der Waals surface area contributed by atoms with E-state index in [1.54, 1.807) is 6.20 Å². The molecule has 0 bridgehead atoms. The Bertz CT molecular complexity index is 596. The molecule has 0 spiro atoms. The third kappa shape index (κ3) is 2.80. The Morgan fingerprint density at radius 2 is 2.10 bits per heavy atom. The van der Waals surface area contributed by atoms with Gasteiger partial charge in [0.25, 0.3) is 0 Å². The van der Waals surface area contributed by atoms with Crippen LogP contribution in [0, 0.1) is 5.92 Å². The molecule has 0 saturated carbocycles. The SMILES string of the molecule is OC(CC1CCOCC1)c1ccc(Cl)c2cccnc12. The number of hydrogen-bond donors (Lipinski definition) is 1. The van der Waals surface area contributed by atoms with Gasteiger partial charge in [0.05, 0.1) is 11.6 Å². The summed E-state index contributed by atoms with van der Waals surface area (Å²) in [6.45, 7) is 1.61. The van der Waals surface area contributed by atoms with Gasteiger partial charge in [-0.1, -0.05) is 17.7 Å². The zero-order valence-electron chi connectivity index (χ0n) is 11.3. The van der Waals surface area contributed by atoms with Crippen molar-refractivity contribution in [1.82, 2.24) is 4.98 Å². The predicted molar refractivity (Wildman–Crippen MR) is 79.9 cm³/mol. The van der Waals surface area contributed by atoms with Crippen LogP contribution in [0.1, 0.15) is 30.9 Å². The zero-order chi connectivity index (χ0) is 13.9. The molecular formula is C16H18ClNO2. The van der Waals surface area contributed by atoms with Gasteiger partial charge in [0.1, 0.15) is 0 Å². The highest BCUT2D eigenvalue weighted by Gasteiger charge is 2.21. The summed E-state index contributed by atoms with van der Waals surface area (Å²) >= 11 is 6.19. The number of rotatable bonds is 3. The third-order valence-corrected chi connectivity index (χ3v) is 4.33. The second-order valence-corrected chi connectivity index (χ2v) is 5.75. The Hall–Kier alpha value is -1.16. The lowest BCUT2D eigenvalue weighted by molar-refractivity contribution is 0.0437. The molecule has 1 aliphatic heterocycles. The Morgan fingerprint density at radius 3 is 2.90 bits per heavy atom. The van der Waals surface area contributed by atoms with Crippen LogP contribution in [0.15, 0.2) is 30.5 Å². The van der Waals surface area contributed by atoms with Gasteiger partial charge in [0, 0.05) is 35.4 Å². The van der Waals surface area contributed by atoms with Crippen molar-refractivity contribution in [3.63, 3.8) is 0 Å². The highest BCUT2D eigenvalue weighted by atomic mass is 35.5. The lowest BCUT2D eigenvalue weighted by Crippen LogP contribution is -2.18. The van der Waals surface area contributed by atoms with Crippen molar-refractivity contribution in [3.05, 3.63) is 41.0 Å². The molecule has 0 aliphatic carbocycles. The highest BCUT2D eigenvalue weighted by Crippen LogP contribution is 2.33. The number of aromatic nitrogens is 1. The number of aliphatic hydroxyl groups excluding tert-OH is 1. The Balaban J connectivity index is 1.87. The maximum Gasteiger partial charge on any atom is 0.0813 e. The second kappa shape index (κ2) is 6.08. The van der Waals surface area contributed by atoms with E-state index in [0.717, 1.165) is 48.9 Å². The Labute approximate surface area is 123 Å². The zero-order valence-corrected chi connectivity index (χ0v) is 12.0. The molecule has 1 aliphatic rings. The van der Waals surface area contributed by atoms with Crippen LogP contribution in [-0.4, -0.2) is 23.3 Å². The van der Waals surface area contributed by atoms with E-state index >= 15 is 0 Å². The minimum absolute atomic E-state index is 0.493. The molecule has 1 N–H and O–H groups in total. The molecule has 2 heterocycles. The summed E-state index contributed by atoms with van der Waals surface area (Å²) in [5.74, 6) is 0.521. The van der Waals surface area contributed by atoms with Crippen LogP contribution in [0.5, 0.6) is 0 Å². The van der Waals surface area contributed by atoms with E-state index in [4.69, 9.17) is 16.3 Å². The first-order valence-electron chi connectivity index (χ1n) is 7.04. The van der Waals surface area contributed by atoms with Gasteiger partial charge in [-0.25, -0.2) is 0 Å². The van der Waals surface area contributed by atoms with Crippen LogP contribution >= 0.6 is 11.6 Å². The molecule has 106 valence electrons. The van der Waals surface area contributed by atoms with Crippen LogP contribution in [0.25, 0.3) is 10.9 Å². The summed E-state index contributed by atoms with van der Waals surface area (Å²) < 4.78 is 5.36. The number of fused-ring (bicyclic) bond motifs is 1. The molecule has 0 amide bonds. The maximum absolute atomic E-state index is 10.5. The molecule has 0 radical (unpaired) electrons. The fourth-order valence-corrected chi connectivity index (χ4v) is 3.07. The molecular weight excluding hydrogens is 274 g/mol. The van der Waals surface area contributed by atoms with Crippen LogP contribution in [0.4, 0.5) is 0 Å². The summed E-state index contributed by atoms with van der Waals surface area (Å²) in [4.78, 5) is 4.39. The van der Waals surface area contributed by atoms with Crippen LogP contribution in [0.3, 0.4) is 0 Å². The number of ether oxygens (including phenoxy) is 1. The van der Waals surface area contributed by atoms with Crippen molar-refractivity contribution in [1.29, 1.82) is 0 Å². The van der Waals surface area contributed by atoms with Crippen molar-refractivity contribution in [2.45, 2.75) is 25.4 Å². The molecule has 2 aromatic rings. The molecule has 1 atom stereocenters. The van der Waals surface area contributed by atoms with Crippen LogP contribution in [-0.2, 0) is 4.74 Å². The van der Waals surface area contributed by atoms with Gasteiger partial charge in [-0.3, -0.25) is 4.98 Å². The molecule has 4 heteroatoms. The molecule has 1 aromatic carbocycles. The van der Waals surface area contributed by atoms with Gasteiger partial charge in [-0.05, 0) is 43.4 Å². The predicted octanol–water partition coefficient (Wildman–Crippen LogP) is 3.74. The lowest BCUT2D eigenvalue weighted by atomic mass is 9.90. The fraction of sp³-hybridized carbons (Fsp3) is 0.438. The van der Waals surface area contributed by atoms with Crippen molar-refractivity contribution in [2.24, 2.45) is 5.92 Å². The molecule has 3 nitrogen and oxygen atoms in total. The quantitative estimate of drug-likeness (QED) is 0.937. The van der Waals surface area contributed by atoms with Crippen LogP contribution < -0.4 is 0 Å². The lowest BCUT2D eigenvalue weighted by Gasteiger charge is -2.24. The van der Waals surface area contributed by atoms with E-state index in [9.17, 15) is 5.11 Å². The topological polar surface area (TPSA) is 42.4 Å². The van der Waals surface area contributed by atoms with Crippen LogP contribution in [0.2, 0.25) is 5.02 Å². The summed E-state index contributed by atoms with van der Waals surface area (Å²) in [5, 5.41) is 12.1. The van der Waals surface area contributed by atoms with E-state index in [1.807, 2.05) is 24.3 Å². The molecule has 1 aromatic heterocycles. The van der Waals surface area contributed by atoms with E-state index in [0.29, 0.717) is 10.9 Å². The van der Waals surface area contributed by atoms with Gasteiger partial charge in [-0.15, -0.1) is 0 Å². The average Bonchev–Trinajstić information content (AvgIpc) is 2.49. The van der Waals surface area contributed by atoms with Gasteiger partial charge >= 0.3 is 0 Å². The summed E-state index contributed by atoms with van der Waals surface area (Å²) in [6, 6.07) is 7.54. The summed E-state index contributed by atoms with van der Waals surface area (Å²) in [6.07, 6.45) is 4.05. The van der Waals surface area contributed by atoms with Crippen molar-refractivity contribution in [3.8, 4) is 0 Å². The molecule has 1 saturated heterocycles. The first-order chi connectivity index (χ1) is 9.75. The monoisotopic (exact) mass is 291 g/mol. The van der Waals surface area contributed by atoms with Crippen molar-refractivity contribution >= 4 is 22.5 Å². The van der Waals surface area contributed by atoms with E-state index in [2.05, 4.69) is 4.98 Å². The average molecular weight is 292 g/mol. The number of pyridine rings is 1. The summed E-state index contributed by atoms with van der Waals surface area (Å²) in [7, 11) is 0. The van der Waals surface area contributed by atoms with Gasteiger partial charge in [-0.2, -0.15) is 0 Å². The number of aliphatic hydroxyl groups is 1. The van der Waals surface area contributed by atoms with E-state index in [-0.39, 0.29) is 0 Å². The van der Waals surface area contributed by atoms with Crippen molar-refractivity contribution < 1.29 is 9.84 Å². The number of nitrogens with zero attached hydrogens (tertiary/aromatic N) is 1. The number of halogens is 1. The van der Waals surface area contributed by atoms with E-state index in [1.165, 1.54) is 0 Å². The minimum Gasteiger partial charge on any atom is -0.388 e. The first-order valence-corrected chi connectivity index (χ1v) is 7.42. The fourth-order valence-electron chi connectivity index (χ4n) is 2.85. The largest absolute Gasteiger partial charge is 0.388 e. The number of hydrogen-bond acceptors (Lipinski definition) is 3. The highest BCUT2D eigenvalue weighted by molar-refractivity contribution is 6.35. The maximum atomic E-state index is 10.5. The standard InChI is InChI=1S/C16H18ClNO2/c17-14-4-3-13(16-12(14)2-1-7-18-16)15(19)10-11-5-8-20-9-6-11/h1-4,7,11,15,19H,5-6,8-10H2. The third-order valence-electron chi connectivity index (χ3n) is 4.00. The normalized spacial score (nSPS) is 18.3. The Kier molecular flexibility index (Phi) is 4.20. The van der Waals surface area contributed by atoms with Gasteiger partial charge < -0.3 is 9.84 Å². The smallest absolute Gasteiger partial charge is 0.0813 e.